The summed E-state index contributed by atoms with van der Waals surface area (Å²) in [7, 11) is 0. The van der Waals surface area contributed by atoms with Crippen LogP contribution in [0.2, 0.25) is 0 Å². The van der Waals surface area contributed by atoms with Crippen molar-refractivity contribution in [2.24, 2.45) is 29.1 Å². The van der Waals surface area contributed by atoms with Crippen LogP contribution in [0.1, 0.15) is 83.1 Å². The van der Waals surface area contributed by atoms with Gasteiger partial charge in [-0.2, -0.15) is 0 Å². The number of benzene rings is 1. The molecule has 23 heavy (non-hydrogen) atoms. The molecule has 3 aliphatic rings. The first-order valence-corrected chi connectivity index (χ1v) is 10.2. The Morgan fingerprint density at radius 2 is 1.39 bits per heavy atom. The smallest absolute Gasteiger partial charge is 0.0128 e. The summed E-state index contributed by atoms with van der Waals surface area (Å²) in [5.74, 6) is 4.76. The molecule has 0 N–H and O–H groups in total. The fourth-order valence-electron chi connectivity index (χ4n) is 6.72. The molecule has 3 aliphatic carbocycles. The third-order valence-corrected chi connectivity index (χ3v) is 8.01. The van der Waals surface area contributed by atoms with Gasteiger partial charge in [-0.15, -0.1) is 0 Å². The number of fused-ring (bicyclic) bond motifs is 1. The van der Waals surface area contributed by atoms with E-state index < -0.39 is 0 Å². The van der Waals surface area contributed by atoms with Crippen molar-refractivity contribution in [1.29, 1.82) is 0 Å². The van der Waals surface area contributed by atoms with E-state index in [0.29, 0.717) is 5.41 Å². The second kappa shape index (κ2) is 6.26. The van der Waals surface area contributed by atoms with Crippen LogP contribution in [0.5, 0.6) is 0 Å². The molecule has 3 saturated carbocycles. The maximum atomic E-state index is 2.63. The SMILES string of the molecule is CC(C)(C1CCCC1)C1CC(c2ccccc2)C2CCCCC21. The summed E-state index contributed by atoms with van der Waals surface area (Å²) in [4.78, 5) is 0. The van der Waals surface area contributed by atoms with Crippen molar-refractivity contribution < 1.29 is 0 Å². The van der Waals surface area contributed by atoms with E-state index in [-0.39, 0.29) is 0 Å². The number of rotatable bonds is 3. The van der Waals surface area contributed by atoms with Crippen molar-refractivity contribution in [2.75, 3.05) is 0 Å². The first-order valence-electron chi connectivity index (χ1n) is 10.2. The Balaban J connectivity index is 1.62. The molecule has 0 aliphatic heterocycles. The van der Waals surface area contributed by atoms with E-state index in [2.05, 4.69) is 44.2 Å². The molecular weight excluding hydrogens is 276 g/mol. The van der Waals surface area contributed by atoms with Gasteiger partial charge in [-0.3, -0.25) is 0 Å². The molecule has 0 nitrogen and oxygen atoms in total. The summed E-state index contributed by atoms with van der Waals surface area (Å²) in [6.45, 7) is 5.26. The highest BCUT2D eigenvalue weighted by Crippen LogP contribution is 2.61. The van der Waals surface area contributed by atoms with Crippen LogP contribution in [0.15, 0.2) is 30.3 Å². The van der Waals surface area contributed by atoms with Crippen molar-refractivity contribution in [3.63, 3.8) is 0 Å². The summed E-state index contributed by atoms with van der Waals surface area (Å²) in [6.07, 6.45) is 13.4. The van der Waals surface area contributed by atoms with Crippen molar-refractivity contribution in [3.8, 4) is 0 Å². The molecule has 4 unspecified atom stereocenters. The summed E-state index contributed by atoms with van der Waals surface area (Å²) < 4.78 is 0. The Morgan fingerprint density at radius 3 is 2.09 bits per heavy atom. The second-order valence-corrected chi connectivity index (χ2v) is 9.27. The molecule has 0 spiro atoms. The van der Waals surface area contributed by atoms with E-state index in [0.717, 1.165) is 29.6 Å². The molecule has 3 fully saturated rings. The van der Waals surface area contributed by atoms with E-state index >= 15 is 0 Å². The van der Waals surface area contributed by atoms with Crippen LogP contribution in [0.25, 0.3) is 0 Å². The fourth-order valence-corrected chi connectivity index (χ4v) is 6.72. The molecule has 0 radical (unpaired) electrons. The molecule has 1 aromatic carbocycles. The van der Waals surface area contributed by atoms with Crippen LogP contribution in [0.3, 0.4) is 0 Å². The third-order valence-electron chi connectivity index (χ3n) is 8.01. The van der Waals surface area contributed by atoms with E-state index in [1.54, 1.807) is 5.56 Å². The molecule has 126 valence electrons. The second-order valence-electron chi connectivity index (χ2n) is 9.27. The minimum atomic E-state index is 0.556. The van der Waals surface area contributed by atoms with Crippen molar-refractivity contribution >= 4 is 0 Å². The Kier molecular flexibility index (Phi) is 4.28. The highest BCUT2D eigenvalue weighted by atomic mass is 14.6. The summed E-state index contributed by atoms with van der Waals surface area (Å²) in [6, 6.07) is 11.5. The number of hydrogen-bond acceptors (Lipinski definition) is 0. The summed E-state index contributed by atoms with van der Waals surface area (Å²) >= 11 is 0. The van der Waals surface area contributed by atoms with Gasteiger partial charge in [0.05, 0.1) is 0 Å². The van der Waals surface area contributed by atoms with Gasteiger partial charge in [0, 0.05) is 0 Å². The maximum absolute atomic E-state index is 2.63. The minimum absolute atomic E-state index is 0.556. The molecule has 0 bridgehead atoms. The van der Waals surface area contributed by atoms with Gasteiger partial charge in [0.1, 0.15) is 0 Å². The van der Waals surface area contributed by atoms with Gasteiger partial charge in [-0.1, -0.05) is 69.9 Å². The van der Waals surface area contributed by atoms with Crippen LogP contribution >= 0.6 is 0 Å². The van der Waals surface area contributed by atoms with Crippen LogP contribution < -0.4 is 0 Å². The zero-order valence-electron chi connectivity index (χ0n) is 15.1. The lowest BCUT2D eigenvalue weighted by Crippen LogP contribution is -2.35. The largest absolute Gasteiger partial charge is 0.0622 e. The molecule has 4 rings (SSSR count). The van der Waals surface area contributed by atoms with E-state index in [1.165, 1.54) is 57.8 Å². The van der Waals surface area contributed by atoms with Gasteiger partial charge in [-0.25, -0.2) is 0 Å². The molecule has 4 atom stereocenters. The molecule has 0 saturated heterocycles. The van der Waals surface area contributed by atoms with Crippen molar-refractivity contribution in [2.45, 2.75) is 77.6 Å². The Hall–Kier alpha value is -0.780. The van der Waals surface area contributed by atoms with Gasteiger partial charge in [0.25, 0.3) is 0 Å². The van der Waals surface area contributed by atoms with Crippen LogP contribution in [-0.4, -0.2) is 0 Å². The highest BCUT2D eigenvalue weighted by molar-refractivity contribution is 5.23. The first-order chi connectivity index (χ1) is 11.2. The van der Waals surface area contributed by atoms with Gasteiger partial charge in [0.2, 0.25) is 0 Å². The zero-order valence-corrected chi connectivity index (χ0v) is 15.1. The molecule has 0 heteroatoms. The lowest BCUT2D eigenvalue weighted by molar-refractivity contribution is 0.0625. The molecule has 0 amide bonds. The van der Waals surface area contributed by atoms with Crippen molar-refractivity contribution in [3.05, 3.63) is 35.9 Å². The van der Waals surface area contributed by atoms with Gasteiger partial charge >= 0.3 is 0 Å². The quantitative estimate of drug-likeness (QED) is 0.575. The predicted molar refractivity (Wildman–Crippen MR) is 98.5 cm³/mol. The monoisotopic (exact) mass is 310 g/mol. The van der Waals surface area contributed by atoms with Crippen LogP contribution in [0, 0.1) is 29.1 Å². The Labute approximate surface area is 143 Å². The molecule has 1 aromatic rings. The highest BCUT2D eigenvalue weighted by Gasteiger charge is 2.51. The van der Waals surface area contributed by atoms with Gasteiger partial charge < -0.3 is 0 Å². The zero-order chi connectivity index (χ0) is 15.9. The lowest BCUT2D eigenvalue weighted by Gasteiger charge is -2.43. The molecular formula is C23H34. The topological polar surface area (TPSA) is 0 Å². The van der Waals surface area contributed by atoms with Crippen LogP contribution in [0.4, 0.5) is 0 Å². The average Bonchev–Trinajstić information content (AvgIpc) is 3.24. The van der Waals surface area contributed by atoms with Gasteiger partial charge in [-0.05, 0) is 72.7 Å². The standard InChI is InChI=1S/C23H34/c1-23(2,18-12-6-7-13-18)22-16-21(17-10-4-3-5-11-17)19-14-8-9-15-20(19)22/h3-5,10-11,18-22H,6-9,12-16H2,1-2H3. The Morgan fingerprint density at radius 1 is 0.783 bits per heavy atom. The van der Waals surface area contributed by atoms with Crippen molar-refractivity contribution in [1.82, 2.24) is 0 Å². The lowest BCUT2D eigenvalue weighted by atomic mass is 9.62. The average molecular weight is 311 g/mol. The number of hydrogen-bond donors (Lipinski definition) is 0. The fraction of sp³-hybridized carbons (Fsp3) is 0.739. The minimum Gasteiger partial charge on any atom is -0.0622 e. The Bertz CT molecular complexity index is 508. The van der Waals surface area contributed by atoms with E-state index in [4.69, 9.17) is 0 Å². The molecule has 0 heterocycles. The third kappa shape index (κ3) is 2.77. The molecule has 0 aromatic heterocycles. The van der Waals surface area contributed by atoms with E-state index in [1.807, 2.05) is 0 Å². The predicted octanol–water partition coefficient (Wildman–Crippen LogP) is 6.81. The first kappa shape index (κ1) is 15.7. The van der Waals surface area contributed by atoms with Crippen LogP contribution in [-0.2, 0) is 0 Å². The summed E-state index contributed by atoms with van der Waals surface area (Å²) in [5, 5.41) is 0. The van der Waals surface area contributed by atoms with E-state index in [9.17, 15) is 0 Å². The normalized spacial score (nSPS) is 35.4. The van der Waals surface area contributed by atoms with Gasteiger partial charge in [0.15, 0.2) is 0 Å². The maximum Gasteiger partial charge on any atom is -0.0128 e. The summed E-state index contributed by atoms with van der Waals surface area (Å²) in [5.41, 5.74) is 2.19.